The van der Waals surface area contributed by atoms with Crippen LogP contribution in [0, 0.1) is 0 Å². The predicted octanol–water partition coefficient (Wildman–Crippen LogP) is 2.56. The summed E-state index contributed by atoms with van der Waals surface area (Å²) >= 11 is 0. The SMILES string of the molecule is CC[C@H](C(=O)NC)N(CCc1ccccc1)C(=O)CCCN(c1ccc2c(c1)OCO2)S(C)(=O)=O. The molecule has 0 aliphatic carbocycles. The van der Waals surface area contributed by atoms with Crippen LogP contribution in [0.5, 0.6) is 11.5 Å². The second kappa shape index (κ2) is 11.9. The van der Waals surface area contributed by atoms with Crippen molar-refractivity contribution in [2.75, 3.05) is 37.5 Å². The predicted molar refractivity (Wildman–Crippen MR) is 134 cm³/mol. The molecule has 1 N–H and O–H groups in total. The summed E-state index contributed by atoms with van der Waals surface area (Å²) in [6.45, 7) is 2.48. The van der Waals surface area contributed by atoms with E-state index in [2.05, 4.69) is 5.32 Å². The summed E-state index contributed by atoms with van der Waals surface area (Å²) in [5, 5.41) is 2.64. The molecule has 0 fully saturated rings. The number of carbonyl (C=O) groups is 2. The van der Waals surface area contributed by atoms with Crippen LogP contribution in [0.1, 0.15) is 31.7 Å². The Morgan fingerprint density at radius 1 is 1.06 bits per heavy atom. The lowest BCUT2D eigenvalue weighted by atomic mass is 10.1. The maximum absolute atomic E-state index is 13.2. The zero-order valence-electron chi connectivity index (χ0n) is 20.4. The number of nitrogens with zero attached hydrogens (tertiary/aromatic N) is 2. The fourth-order valence-corrected chi connectivity index (χ4v) is 5.06. The number of carbonyl (C=O) groups excluding carboxylic acids is 2. The van der Waals surface area contributed by atoms with E-state index in [1.807, 2.05) is 37.3 Å². The molecule has 35 heavy (non-hydrogen) atoms. The maximum Gasteiger partial charge on any atom is 0.242 e. The molecule has 1 aliphatic heterocycles. The first-order valence-electron chi connectivity index (χ1n) is 11.7. The van der Waals surface area contributed by atoms with E-state index < -0.39 is 16.1 Å². The minimum Gasteiger partial charge on any atom is -0.454 e. The van der Waals surface area contributed by atoms with Crippen LogP contribution in [-0.4, -0.2) is 64.4 Å². The average Bonchev–Trinajstić information content (AvgIpc) is 3.31. The Morgan fingerprint density at radius 2 is 1.77 bits per heavy atom. The van der Waals surface area contributed by atoms with Gasteiger partial charge in [-0.25, -0.2) is 8.42 Å². The van der Waals surface area contributed by atoms with Crippen molar-refractivity contribution in [2.45, 2.75) is 38.6 Å². The Labute approximate surface area is 207 Å². The molecule has 2 aromatic carbocycles. The molecule has 190 valence electrons. The summed E-state index contributed by atoms with van der Waals surface area (Å²) in [5.74, 6) is 0.643. The number of fused-ring (bicyclic) bond motifs is 1. The zero-order chi connectivity index (χ0) is 25.4. The summed E-state index contributed by atoms with van der Waals surface area (Å²) in [4.78, 5) is 27.3. The maximum atomic E-state index is 13.2. The minimum absolute atomic E-state index is 0.0922. The van der Waals surface area contributed by atoms with Crippen LogP contribution < -0.4 is 19.1 Å². The van der Waals surface area contributed by atoms with Crippen LogP contribution in [0.3, 0.4) is 0 Å². The summed E-state index contributed by atoms with van der Waals surface area (Å²) in [6.07, 6.45) is 2.63. The third-order valence-corrected chi connectivity index (χ3v) is 7.11. The number of rotatable bonds is 12. The van der Waals surface area contributed by atoms with Crippen molar-refractivity contribution in [1.82, 2.24) is 10.2 Å². The van der Waals surface area contributed by atoms with Gasteiger partial charge in [-0.1, -0.05) is 37.3 Å². The molecule has 0 saturated heterocycles. The van der Waals surface area contributed by atoms with Crippen molar-refractivity contribution >= 4 is 27.5 Å². The zero-order valence-corrected chi connectivity index (χ0v) is 21.2. The first-order chi connectivity index (χ1) is 16.7. The van der Waals surface area contributed by atoms with Gasteiger partial charge in [0.15, 0.2) is 11.5 Å². The number of sulfonamides is 1. The van der Waals surface area contributed by atoms with Crippen molar-refractivity contribution in [2.24, 2.45) is 0 Å². The van der Waals surface area contributed by atoms with Gasteiger partial charge in [-0.05, 0) is 37.0 Å². The first-order valence-corrected chi connectivity index (χ1v) is 13.5. The highest BCUT2D eigenvalue weighted by Crippen LogP contribution is 2.36. The number of ether oxygens (including phenoxy) is 2. The number of benzene rings is 2. The third-order valence-electron chi connectivity index (χ3n) is 5.91. The molecule has 1 heterocycles. The largest absolute Gasteiger partial charge is 0.454 e. The molecule has 0 unspecified atom stereocenters. The van der Waals surface area contributed by atoms with Gasteiger partial charge in [0.2, 0.25) is 28.6 Å². The Kier molecular flexibility index (Phi) is 8.97. The van der Waals surface area contributed by atoms with Crippen LogP contribution in [0.4, 0.5) is 5.69 Å². The molecule has 0 saturated carbocycles. The molecule has 2 amide bonds. The summed E-state index contributed by atoms with van der Waals surface area (Å²) in [6, 6.07) is 14.1. The molecule has 1 aliphatic rings. The summed E-state index contributed by atoms with van der Waals surface area (Å²) in [5.41, 5.74) is 1.52. The molecule has 0 radical (unpaired) electrons. The van der Waals surface area contributed by atoms with E-state index in [4.69, 9.17) is 9.47 Å². The van der Waals surface area contributed by atoms with Gasteiger partial charge in [-0.3, -0.25) is 13.9 Å². The van der Waals surface area contributed by atoms with E-state index in [0.717, 1.165) is 11.8 Å². The van der Waals surface area contributed by atoms with Gasteiger partial charge in [0.05, 0.1) is 11.9 Å². The summed E-state index contributed by atoms with van der Waals surface area (Å²) < 4.78 is 36.9. The molecular weight excluding hydrogens is 470 g/mol. The molecule has 9 nitrogen and oxygen atoms in total. The Balaban J connectivity index is 1.70. The number of hydrogen-bond donors (Lipinski definition) is 1. The number of likely N-dealkylation sites (N-methyl/N-ethyl adjacent to an activating group) is 1. The molecule has 1 atom stereocenters. The molecule has 10 heteroatoms. The Morgan fingerprint density at radius 3 is 2.43 bits per heavy atom. The van der Waals surface area contributed by atoms with Crippen molar-refractivity contribution < 1.29 is 27.5 Å². The topological polar surface area (TPSA) is 105 Å². The first kappa shape index (κ1) is 26.3. The van der Waals surface area contributed by atoms with Crippen molar-refractivity contribution in [3.05, 3.63) is 54.1 Å². The van der Waals surface area contributed by atoms with Crippen LogP contribution in [0.25, 0.3) is 0 Å². The van der Waals surface area contributed by atoms with Crippen LogP contribution in [-0.2, 0) is 26.0 Å². The van der Waals surface area contributed by atoms with Gasteiger partial charge in [0.25, 0.3) is 0 Å². The molecule has 0 bridgehead atoms. The highest BCUT2D eigenvalue weighted by Gasteiger charge is 2.28. The minimum atomic E-state index is -3.59. The smallest absolute Gasteiger partial charge is 0.242 e. The molecule has 0 aromatic heterocycles. The van der Waals surface area contributed by atoms with Crippen LogP contribution in [0.15, 0.2) is 48.5 Å². The molecular formula is C25H33N3O6S. The van der Waals surface area contributed by atoms with E-state index in [-0.39, 0.29) is 31.6 Å². The van der Waals surface area contributed by atoms with Gasteiger partial charge in [-0.2, -0.15) is 0 Å². The molecule has 2 aromatic rings. The lowest BCUT2D eigenvalue weighted by Gasteiger charge is -2.30. The fraction of sp³-hybridized carbons (Fsp3) is 0.440. The van der Waals surface area contributed by atoms with Crippen molar-refractivity contribution in [3.63, 3.8) is 0 Å². The van der Waals surface area contributed by atoms with E-state index in [9.17, 15) is 18.0 Å². The number of nitrogens with one attached hydrogen (secondary N) is 1. The highest BCUT2D eigenvalue weighted by molar-refractivity contribution is 7.92. The van der Waals surface area contributed by atoms with E-state index in [1.54, 1.807) is 30.1 Å². The van der Waals surface area contributed by atoms with Gasteiger partial charge in [0, 0.05) is 32.6 Å². The molecule has 3 rings (SSSR count). The quantitative estimate of drug-likeness (QED) is 0.477. The lowest BCUT2D eigenvalue weighted by Crippen LogP contribution is -2.49. The Hall–Kier alpha value is -3.27. The Bertz CT molecular complexity index is 1120. The normalized spacial score (nSPS) is 13.2. The van der Waals surface area contributed by atoms with Crippen LogP contribution in [0.2, 0.25) is 0 Å². The van der Waals surface area contributed by atoms with E-state index in [1.165, 1.54) is 4.31 Å². The number of anilines is 1. The molecule has 0 spiro atoms. The van der Waals surface area contributed by atoms with Gasteiger partial charge < -0.3 is 19.7 Å². The van der Waals surface area contributed by atoms with Gasteiger partial charge in [0.1, 0.15) is 6.04 Å². The number of amides is 2. The average molecular weight is 504 g/mol. The second-order valence-corrected chi connectivity index (χ2v) is 10.2. The van der Waals surface area contributed by atoms with E-state index >= 15 is 0 Å². The van der Waals surface area contributed by atoms with E-state index in [0.29, 0.717) is 43.0 Å². The monoisotopic (exact) mass is 503 g/mol. The van der Waals surface area contributed by atoms with Gasteiger partial charge in [-0.15, -0.1) is 0 Å². The third kappa shape index (κ3) is 6.88. The van der Waals surface area contributed by atoms with Crippen molar-refractivity contribution in [1.29, 1.82) is 0 Å². The fourth-order valence-electron chi connectivity index (χ4n) is 4.11. The van der Waals surface area contributed by atoms with Crippen molar-refractivity contribution in [3.8, 4) is 11.5 Å². The highest BCUT2D eigenvalue weighted by atomic mass is 32.2. The number of hydrogen-bond acceptors (Lipinski definition) is 6. The summed E-state index contributed by atoms with van der Waals surface area (Å²) in [7, 11) is -2.03. The second-order valence-electron chi connectivity index (χ2n) is 8.34. The van der Waals surface area contributed by atoms with Gasteiger partial charge >= 0.3 is 0 Å². The lowest BCUT2D eigenvalue weighted by molar-refractivity contribution is -0.140. The van der Waals surface area contributed by atoms with Crippen LogP contribution >= 0.6 is 0 Å². The standard InChI is InChI=1S/C25H33N3O6S/c1-4-21(25(30)26-2)27(16-14-19-9-6-5-7-10-19)24(29)11-8-15-28(35(3,31)32)20-12-13-22-23(17-20)34-18-33-22/h5-7,9-10,12-13,17,21H,4,8,11,14-16,18H2,1-3H3,(H,26,30)/t21-/m1/s1.